The lowest BCUT2D eigenvalue weighted by atomic mass is 10.1. The molecule has 2 heterocycles. The van der Waals surface area contributed by atoms with Crippen LogP contribution >= 0.6 is 0 Å². The molecule has 2 saturated heterocycles. The Morgan fingerprint density at radius 2 is 1.02 bits per heavy atom. The summed E-state index contributed by atoms with van der Waals surface area (Å²) < 4.78 is 19.1. The molecule has 2 aliphatic heterocycles. The van der Waals surface area contributed by atoms with E-state index in [0.29, 0.717) is 13.0 Å². The number of carbonyl (C=O) groups is 2. The predicted molar refractivity (Wildman–Crippen MR) is 157 cm³/mol. The maximum Gasteiger partial charge on any atom is 0.332 e. The van der Waals surface area contributed by atoms with E-state index in [-0.39, 0.29) is 13.2 Å². The fourth-order valence-electron chi connectivity index (χ4n) is 2.06. The van der Waals surface area contributed by atoms with Crippen molar-refractivity contribution in [2.24, 2.45) is 0 Å². The lowest BCUT2D eigenvalue weighted by Crippen LogP contribution is -2.18. The highest BCUT2D eigenvalue weighted by molar-refractivity contribution is 5.71. The largest absolute Gasteiger partial charge is 0.479 e. The van der Waals surface area contributed by atoms with E-state index >= 15 is 0 Å². The van der Waals surface area contributed by atoms with E-state index < -0.39 is 24.1 Å². The minimum absolute atomic E-state index is 0.195. The minimum atomic E-state index is -1.23. The number of hydrogen-bond acceptors (Lipinski definition) is 11. The molecule has 0 bridgehead atoms. The van der Waals surface area contributed by atoms with Crippen molar-refractivity contribution in [1.29, 1.82) is 0 Å². The Morgan fingerprint density at radius 1 is 0.659 bits per heavy atom. The van der Waals surface area contributed by atoms with E-state index in [9.17, 15) is 9.59 Å². The van der Waals surface area contributed by atoms with Crippen molar-refractivity contribution in [2.45, 2.75) is 97.2 Å². The van der Waals surface area contributed by atoms with Crippen LogP contribution in [0.1, 0.15) is 85.0 Å². The summed E-state index contributed by atoms with van der Waals surface area (Å²) in [5.74, 6) is -2.29. The molecule has 0 spiro atoms. The van der Waals surface area contributed by atoms with Gasteiger partial charge in [-0.3, -0.25) is 0 Å². The van der Waals surface area contributed by atoms with Crippen LogP contribution in [0.5, 0.6) is 0 Å². The molecule has 0 aromatic heterocycles. The quantitative estimate of drug-likeness (QED) is 0.168. The van der Waals surface area contributed by atoms with Crippen LogP contribution in [0.15, 0.2) is 0 Å². The number of unbranched alkanes of at least 4 members (excludes halogenated alkanes) is 4. The monoisotopic (exact) mass is 606 g/mol. The summed E-state index contributed by atoms with van der Waals surface area (Å²) in [6.07, 6.45) is 6.93. The standard InChI is InChI=1S/C8H16O3.C4H8O2.C4H10O2.C4H8O.C3H6O3.C3H8O.C2H6O/c1-2-3-4-5-6-7(9)8(10)11;1-2-6-4-3-5-1;5-3-1-2-4-6;1-2-4-5-3-1;1-2(4)3(5)6;1-2-3-4;1-3-2/h7,9H,2-6H2,1H3,(H,10,11);1-4H2;5-6H,1-4H2;1-4H2;2,4H,1H3,(H,5,6);4H,2-3H2,1H3;1-2H3. The van der Waals surface area contributed by atoms with E-state index in [2.05, 4.69) is 11.7 Å². The van der Waals surface area contributed by atoms with Crippen LogP contribution < -0.4 is 0 Å². The second-order valence-electron chi connectivity index (χ2n) is 8.55. The summed E-state index contributed by atoms with van der Waals surface area (Å²) in [6, 6.07) is 0. The Kier molecular flexibility index (Phi) is 58.1. The van der Waals surface area contributed by atoms with Crippen molar-refractivity contribution in [3.63, 3.8) is 0 Å². The molecule has 0 aliphatic carbocycles. The SMILES string of the molecule is C1CCOC1.C1COCCO1.CC(O)C(=O)O.CCCCCCC(O)C(=O)O.CCCO.COC.OCCCCO. The summed E-state index contributed by atoms with van der Waals surface area (Å²) in [5.41, 5.74) is 0. The number of rotatable bonds is 11. The Hall–Kier alpha value is -1.42. The smallest absolute Gasteiger partial charge is 0.332 e. The van der Waals surface area contributed by atoms with Gasteiger partial charge in [-0.25, -0.2) is 9.59 Å². The summed E-state index contributed by atoms with van der Waals surface area (Å²) in [5, 5.41) is 56.9. The number of carboxylic acid groups (broad SMARTS) is 2. The van der Waals surface area contributed by atoms with Gasteiger partial charge in [0, 0.05) is 47.3 Å². The van der Waals surface area contributed by atoms with Gasteiger partial charge in [-0.05, 0) is 45.4 Å². The Morgan fingerprint density at radius 3 is 1.22 bits per heavy atom. The number of aliphatic hydroxyl groups excluding tert-OH is 5. The van der Waals surface area contributed by atoms with Crippen molar-refractivity contribution >= 4 is 11.9 Å². The molecule has 7 N–H and O–H groups in total. The molecule has 2 rings (SSSR count). The van der Waals surface area contributed by atoms with Crippen LogP contribution in [0.4, 0.5) is 0 Å². The first-order valence-electron chi connectivity index (χ1n) is 14.3. The van der Waals surface area contributed by atoms with E-state index in [0.717, 1.165) is 84.6 Å². The van der Waals surface area contributed by atoms with Crippen molar-refractivity contribution in [1.82, 2.24) is 0 Å². The van der Waals surface area contributed by atoms with Gasteiger partial charge in [0.2, 0.25) is 0 Å². The lowest BCUT2D eigenvalue weighted by Gasteiger charge is -2.09. The first-order valence-corrected chi connectivity index (χ1v) is 14.3. The molecule has 2 aliphatic rings. The van der Waals surface area contributed by atoms with Gasteiger partial charge in [0.1, 0.15) is 6.10 Å². The number of aliphatic carboxylic acids is 2. The van der Waals surface area contributed by atoms with E-state index in [1.807, 2.05) is 6.92 Å². The van der Waals surface area contributed by atoms with Crippen molar-refractivity contribution in [3.8, 4) is 0 Å². The van der Waals surface area contributed by atoms with Gasteiger partial charge in [-0.2, -0.15) is 0 Å². The summed E-state index contributed by atoms with van der Waals surface area (Å²) in [6.45, 7) is 11.0. The number of ether oxygens (including phenoxy) is 4. The third-order valence-electron chi connectivity index (χ3n) is 4.33. The van der Waals surface area contributed by atoms with Crippen molar-refractivity contribution in [2.75, 3.05) is 73.7 Å². The first-order chi connectivity index (χ1) is 19.6. The van der Waals surface area contributed by atoms with Gasteiger partial charge in [-0.15, -0.1) is 0 Å². The molecule has 0 aromatic rings. The van der Waals surface area contributed by atoms with Crippen molar-refractivity contribution in [3.05, 3.63) is 0 Å². The third-order valence-corrected chi connectivity index (χ3v) is 4.33. The first kappa shape index (κ1) is 49.3. The summed E-state index contributed by atoms with van der Waals surface area (Å²) >= 11 is 0. The minimum Gasteiger partial charge on any atom is -0.479 e. The average molecular weight is 607 g/mol. The molecule has 0 saturated carbocycles. The Balaban J connectivity index is -0.000000128. The van der Waals surface area contributed by atoms with Crippen LogP contribution in [0.3, 0.4) is 0 Å². The topological polar surface area (TPSA) is 213 Å². The molecule has 0 aromatic carbocycles. The molecule has 13 nitrogen and oxygen atoms in total. The van der Waals surface area contributed by atoms with Crippen LogP contribution in [0.2, 0.25) is 0 Å². The maximum absolute atomic E-state index is 10.1. The van der Waals surface area contributed by atoms with E-state index in [1.54, 1.807) is 14.2 Å². The molecular formula is C28H62O13. The number of methoxy groups -OCH3 is 1. The van der Waals surface area contributed by atoms with Crippen LogP contribution in [-0.2, 0) is 28.5 Å². The van der Waals surface area contributed by atoms with Crippen LogP contribution in [0, 0.1) is 0 Å². The number of carboxylic acids is 2. The average Bonchev–Trinajstić information content (AvgIpc) is 3.57. The number of hydrogen-bond donors (Lipinski definition) is 7. The van der Waals surface area contributed by atoms with Gasteiger partial charge < -0.3 is 54.7 Å². The highest BCUT2D eigenvalue weighted by Crippen LogP contribution is 2.05. The highest BCUT2D eigenvalue weighted by Gasteiger charge is 2.11. The lowest BCUT2D eigenvalue weighted by molar-refractivity contribution is -0.147. The molecule has 2 atom stereocenters. The molecule has 0 amide bonds. The fourth-order valence-corrected chi connectivity index (χ4v) is 2.06. The fraction of sp³-hybridized carbons (Fsp3) is 0.929. The molecule has 252 valence electrons. The van der Waals surface area contributed by atoms with Gasteiger partial charge in [0.25, 0.3) is 0 Å². The van der Waals surface area contributed by atoms with Gasteiger partial charge in [0.05, 0.1) is 26.4 Å². The molecule has 2 fully saturated rings. The van der Waals surface area contributed by atoms with Crippen molar-refractivity contribution < 1.29 is 64.3 Å². The zero-order chi connectivity index (χ0) is 32.6. The Bertz CT molecular complexity index is 433. The molecule has 0 radical (unpaired) electrons. The Labute approximate surface area is 247 Å². The van der Waals surface area contributed by atoms with Gasteiger partial charge >= 0.3 is 11.9 Å². The molecule has 41 heavy (non-hydrogen) atoms. The zero-order valence-electron chi connectivity index (χ0n) is 26.2. The second kappa shape index (κ2) is 48.3. The molecule has 2 unspecified atom stereocenters. The summed E-state index contributed by atoms with van der Waals surface area (Å²) in [7, 11) is 3.25. The van der Waals surface area contributed by atoms with Gasteiger partial charge in [-0.1, -0.05) is 39.5 Å². The molecule has 13 heteroatoms. The molecular weight excluding hydrogens is 544 g/mol. The van der Waals surface area contributed by atoms with Crippen LogP contribution in [-0.4, -0.2) is 134 Å². The second-order valence-corrected chi connectivity index (χ2v) is 8.55. The van der Waals surface area contributed by atoms with Crippen LogP contribution in [0.25, 0.3) is 0 Å². The third kappa shape index (κ3) is 67.9. The highest BCUT2D eigenvalue weighted by atomic mass is 16.6. The van der Waals surface area contributed by atoms with E-state index in [4.69, 9.17) is 50.0 Å². The maximum atomic E-state index is 10.1. The van der Waals surface area contributed by atoms with E-state index in [1.165, 1.54) is 19.8 Å². The summed E-state index contributed by atoms with van der Waals surface area (Å²) in [4.78, 5) is 19.6. The normalized spacial score (nSPS) is 14.4. The number of aliphatic hydroxyl groups is 5. The predicted octanol–water partition coefficient (Wildman–Crippen LogP) is 2.09. The zero-order valence-corrected chi connectivity index (χ0v) is 26.2. The van der Waals surface area contributed by atoms with Gasteiger partial charge in [0.15, 0.2) is 6.10 Å².